The summed E-state index contributed by atoms with van der Waals surface area (Å²) in [6, 6.07) is 1.83. The molecule has 3 heteroatoms. The van der Waals surface area contributed by atoms with Crippen molar-refractivity contribution in [3.63, 3.8) is 0 Å². The van der Waals surface area contributed by atoms with E-state index in [1.807, 2.05) is 12.3 Å². The number of rotatable bonds is 4. The van der Waals surface area contributed by atoms with Crippen molar-refractivity contribution in [1.82, 2.24) is 4.98 Å². The number of hydrogen-bond donors (Lipinski definition) is 1. The van der Waals surface area contributed by atoms with Crippen LogP contribution in [0.5, 0.6) is 0 Å². The molecule has 1 unspecified atom stereocenters. The van der Waals surface area contributed by atoms with Crippen molar-refractivity contribution in [3.8, 4) is 0 Å². The number of nitrogen functional groups attached to an aromatic ring is 1. The molecule has 3 nitrogen and oxygen atoms in total. The van der Waals surface area contributed by atoms with Crippen LogP contribution in [0.25, 0.3) is 0 Å². The quantitative estimate of drug-likeness (QED) is 0.768. The monoisotopic (exact) mass is 180 g/mol. The van der Waals surface area contributed by atoms with Crippen molar-refractivity contribution in [2.24, 2.45) is 0 Å². The summed E-state index contributed by atoms with van der Waals surface area (Å²) in [5.41, 5.74) is 7.74. The lowest BCUT2D eigenvalue weighted by molar-refractivity contribution is 0.189. The fourth-order valence-corrected chi connectivity index (χ4v) is 1.28. The number of nitrogens with zero attached hydrogens (tertiary/aromatic N) is 1. The van der Waals surface area contributed by atoms with Crippen LogP contribution in [0.2, 0.25) is 0 Å². The van der Waals surface area contributed by atoms with Gasteiger partial charge in [0.25, 0.3) is 0 Å². The number of hydrogen-bond acceptors (Lipinski definition) is 3. The Kier molecular flexibility index (Phi) is 3.71. The van der Waals surface area contributed by atoms with E-state index in [-0.39, 0.29) is 0 Å². The zero-order valence-corrected chi connectivity index (χ0v) is 8.16. The van der Waals surface area contributed by atoms with E-state index in [2.05, 4.69) is 11.9 Å². The summed E-state index contributed by atoms with van der Waals surface area (Å²) in [7, 11) is 1.71. The van der Waals surface area contributed by atoms with E-state index >= 15 is 0 Å². The molecule has 1 aromatic rings. The maximum atomic E-state index is 5.81. The Balaban J connectivity index is 2.65. The Morgan fingerprint density at radius 1 is 1.62 bits per heavy atom. The first-order valence-electron chi connectivity index (χ1n) is 4.44. The second-order valence-corrected chi connectivity index (χ2v) is 3.19. The lowest BCUT2D eigenvalue weighted by atomic mass is 9.99. The lowest BCUT2D eigenvalue weighted by Crippen LogP contribution is -2.03. The zero-order chi connectivity index (χ0) is 9.68. The molecule has 13 heavy (non-hydrogen) atoms. The van der Waals surface area contributed by atoms with Gasteiger partial charge < -0.3 is 10.5 Å². The van der Waals surface area contributed by atoms with E-state index in [9.17, 15) is 0 Å². The molecular weight excluding hydrogens is 164 g/mol. The van der Waals surface area contributed by atoms with E-state index in [1.54, 1.807) is 13.3 Å². The molecule has 1 aromatic heterocycles. The van der Waals surface area contributed by atoms with Crippen LogP contribution >= 0.6 is 0 Å². The first-order valence-corrected chi connectivity index (χ1v) is 4.44. The second kappa shape index (κ2) is 4.82. The minimum Gasteiger partial charge on any atom is -0.398 e. The molecule has 0 fully saturated rings. The maximum absolute atomic E-state index is 5.81. The van der Waals surface area contributed by atoms with Gasteiger partial charge >= 0.3 is 0 Å². The molecule has 1 rings (SSSR count). The Hall–Kier alpha value is -1.09. The molecule has 1 atom stereocenters. The van der Waals surface area contributed by atoms with E-state index < -0.39 is 0 Å². The number of ether oxygens (including phenoxy) is 1. The topological polar surface area (TPSA) is 48.1 Å². The third-order valence-corrected chi connectivity index (χ3v) is 2.17. The van der Waals surface area contributed by atoms with E-state index in [0.717, 1.165) is 24.3 Å². The maximum Gasteiger partial charge on any atom is 0.0468 e. The predicted molar refractivity (Wildman–Crippen MR) is 53.6 cm³/mol. The third kappa shape index (κ3) is 2.70. The van der Waals surface area contributed by atoms with Crippen LogP contribution in [0.15, 0.2) is 18.5 Å². The van der Waals surface area contributed by atoms with Gasteiger partial charge in [-0.3, -0.25) is 4.98 Å². The molecule has 72 valence electrons. The highest BCUT2D eigenvalue weighted by atomic mass is 16.5. The van der Waals surface area contributed by atoms with Crippen LogP contribution in [0.1, 0.15) is 24.8 Å². The normalized spacial score (nSPS) is 12.8. The van der Waals surface area contributed by atoms with E-state index in [0.29, 0.717) is 5.92 Å². The highest BCUT2D eigenvalue weighted by molar-refractivity contribution is 5.46. The highest BCUT2D eigenvalue weighted by Gasteiger charge is 2.08. The molecular formula is C10H16N2O. The molecule has 0 saturated heterocycles. The summed E-state index contributed by atoms with van der Waals surface area (Å²) >= 11 is 0. The van der Waals surface area contributed by atoms with Gasteiger partial charge in [0, 0.05) is 31.8 Å². The minimum atomic E-state index is 0.411. The number of nitrogens with two attached hydrogens (primary N) is 1. The number of methoxy groups -OCH3 is 1. The van der Waals surface area contributed by atoms with Crippen molar-refractivity contribution in [3.05, 3.63) is 24.0 Å². The zero-order valence-electron chi connectivity index (χ0n) is 8.16. The van der Waals surface area contributed by atoms with Crippen LogP contribution in [-0.4, -0.2) is 18.7 Å². The Morgan fingerprint density at radius 2 is 2.38 bits per heavy atom. The van der Waals surface area contributed by atoms with Crippen molar-refractivity contribution in [1.29, 1.82) is 0 Å². The van der Waals surface area contributed by atoms with Gasteiger partial charge in [-0.15, -0.1) is 0 Å². The molecule has 0 radical (unpaired) electrons. The summed E-state index contributed by atoms with van der Waals surface area (Å²) in [6.07, 6.45) is 4.52. The van der Waals surface area contributed by atoms with E-state index in [1.165, 1.54) is 0 Å². The van der Waals surface area contributed by atoms with Crippen molar-refractivity contribution in [2.45, 2.75) is 19.3 Å². The van der Waals surface area contributed by atoms with Crippen molar-refractivity contribution < 1.29 is 4.74 Å². The molecule has 0 aliphatic heterocycles. The largest absolute Gasteiger partial charge is 0.398 e. The van der Waals surface area contributed by atoms with Gasteiger partial charge in [0.05, 0.1) is 0 Å². The van der Waals surface area contributed by atoms with E-state index in [4.69, 9.17) is 10.5 Å². The van der Waals surface area contributed by atoms with Crippen LogP contribution in [0.3, 0.4) is 0 Å². The lowest BCUT2D eigenvalue weighted by Gasteiger charge is -2.12. The summed E-state index contributed by atoms with van der Waals surface area (Å²) in [5, 5.41) is 0. The van der Waals surface area contributed by atoms with Crippen LogP contribution in [0, 0.1) is 0 Å². The highest BCUT2D eigenvalue weighted by Crippen LogP contribution is 2.23. The average molecular weight is 180 g/mol. The molecule has 0 saturated carbocycles. The molecule has 1 heterocycles. The smallest absolute Gasteiger partial charge is 0.0468 e. The first kappa shape index (κ1) is 9.99. The van der Waals surface area contributed by atoms with Gasteiger partial charge in [-0.05, 0) is 24.0 Å². The van der Waals surface area contributed by atoms with Gasteiger partial charge in [0.1, 0.15) is 0 Å². The SMILES string of the molecule is COCCC(C)c1cnccc1N. The van der Waals surface area contributed by atoms with Crippen molar-refractivity contribution in [2.75, 3.05) is 19.5 Å². The average Bonchev–Trinajstić information content (AvgIpc) is 2.15. The van der Waals surface area contributed by atoms with Crippen LogP contribution in [0.4, 0.5) is 5.69 Å². The number of pyridine rings is 1. The molecule has 2 N–H and O–H groups in total. The molecule has 0 aliphatic carbocycles. The fraction of sp³-hybridized carbons (Fsp3) is 0.500. The summed E-state index contributed by atoms with van der Waals surface area (Å²) in [5.74, 6) is 0.411. The molecule has 0 aromatic carbocycles. The Morgan fingerprint density at radius 3 is 3.00 bits per heavy atom. The Labute approximate surface area is 78.9 Å². The third-order valence-electron chi connectivity index (χ3n) is 2.17. The predicted octanol–water partition coefficient (Wildman–Crippen LogP) is 1.80. The number of aromatic nitrogens is 1. The first-order chi connectivity index (χ1) is 6.25. The van der Waals surface area contributed by atoms with Gasteiger partial charge in [0.2, 0.25) is 0 Å². The second-order valence-electron chi connectivity index (χ2n) is 3.19. The van der Waals surface area contributed by atoms with Crippen LogP contribution in [-0.2, 0) is 4.74 Å². The van der Waals surface area contributed by atoms with Crippen molar-refractivity contribution >= 4 is 5.69 Å². The van der Waals surface area contributed by atoms with Gasteiger partial charge in [-0.1, -0.05) is 6.92 Å². The minimum absolute atomic E-state index is 0.411. The Bertz CT molecular complexity index is 263. The molecule has 0 spiro atoms. The summed E-state index contributed by atoms with van der Waals surface area (Å²) < 4.78 is 5.01. The van der Waals surface area contributed by atoms with Gasteiger partial charge in [-0.2, -0.15) is 0 Å². The van der Waals surface area contributed by atoms with Crippen LogP contribution < -0.4 is 5.73 Å². The summed E-state index contributed by atoms with van der Waals surface area (Å²) in [6.45, 7) is 2.89. The fourth-order valence-electron chi connectivity index (χ4n) is 1.28. The van der Waals surface area contributed by atoms with Gasteiger partial charge in [-0.25, -0.2) is 0 Å². The summed E-state index contributed by atoms with van der Waals surface area (Å²) in [4.78, 5) is 4.05. The molecule has 0 bridgehead atoms. The number of anilines is 1. The molecule has 0 amide bonds. The standard InChI is InChI=1S/C10H16N2O/c1-8(4-6-13-2)9-7-12-5-3-10(9)11/h3,5,7-8H,4,6H2,1-2H3,(H2,11,12). The molecule has 0 aliphatic rings. The van der Waals surface area contributed by atoms with Gasteiger partial charge in [0.15, 0.2) is 0 Å².